The lowest BCUT2D eigenvalue weighted by Gasteiger charge is -2.06. The molecule has 6 heteroatoms. The Morgan fingerprint density at radius 1 is 1.24 bits per heavy atom. The average molecular weight is 240 g/mol. The minimum Gasteiger partial charge on any atom is -0.295 e. The van der Waals surface area contributed by atoms with E-state index < -0.39 is 11.9 Å². The molecule has 2 aromatic rings. The van der Waals surface area contributed by atoms with Crippen LogP contribution in [0.4, 0.5) is 13.2 Å². The van der Waals surface area contributed by atoms with Crippen molar-refractivity contribution in [1.82, 2.24) is 9.97 Å². The number of aromatic nitrogens is 2. The van der Waals surface area contributed by atoms with Crippen molar-refractivity contribution in [1.29, 1.82) is 0 Å². The van der Waals surface area contributed by atoms with E-state index in [1.165, 1.54) is 25.1 Å². The van der Waals surface area contributed by atoms with Gasteiger partial charge in [0.05, 0.1) is 17.2 Å². The molecule has 1 heterocycles. The first-order valence-electron chi connectivity index (χ1n) is 4.73. The third-order valence-electron chi connectivity index (χ3n) is 2.24. The van der Waals surface area contributed by atoms with Crippen molar-refractivity contribution in [2.75, 3.05) is 0 Å². The molecule has 0 spiro atoms. The molecule has 0 unspecified atom stereocenters. The lowest BCUT2D eigenvalue weighted by atomic mass is 10.1. The van der Waals surface area contributed by atoms with Gasteiger partial charge in [-0.25, -0.2) is 4.98 Å². The summed E-state index contributed by atoms with van der Waals surface area (Å²) in [6, 6.07) is 4.21. The van der Waals surface area contributed by atoms with Gasteiger partial charge in [-0.15, -0.1) is 0 Å². The van der Waals surface area contributed by atoms with E-state index in [4.69, 9.17) is 0 Å². The minimum atomic E-state index is -4.51. The molecule has 0 fully saturated rings. The Hall–Kier alpha value is -1.98. The number of carbonyl (C=O) groups is 1. The van der Waals surface area contributed by atoms with Crippen molar-refractivity contribution in [3.05, 3.63) is 35.7 Å². The number of rotatable bonds is 1. The third kappa shape index (κ3) is 2.25. The Morgan fingerprint density at radius 2 is 1.94 bits per heavy atom. The average Bonchev–Trinajstić information content (AvgIpc) is 2.26. The standard InChI is InChI=1S/C11H7F3N2O/c1-6(17)7-2-3-8-9(4-7)15-5-10(16-8)11(12,13)14/h2-5H,1H3. The highest BCUT2D eigenvalue weighted by atomic mass is 19.4. The van der Waals surface area contributed by atoms with Gasteiger partial charge in [0.15, 0.2) is 11.5 Å². The molecule has 1 aromatic heterocycles. The number of ketones is 1. The summed E-state index contributed by atoms with van der Waals surface area (Å²) in [5.41, 5.74) is -0.261. The summed E-state index contributed by atoms with van der Waals surface area (Å²) in [7, 11) is 0. The molecule has 0 aliphatic rings. The Balaban J connectivity index is 2.58. The molecule has 17 heavy (non-hydrogen) atoms. The highest BCUT2D eigenvalue weighted by Crippen LogP contribution is 2.28. The topological polar surface area (TPSA) is 42.9 Å². The molecule has 3 nitrogen and oxygen atoms in total. The number of carbonyl (C=O) groups excluding carboxylic acids is 1. The maximum atomic E-state index is 12.4. The number of nitrogens with zero attached hydrogens (tertiary/aromatic N) is 2. The van der Waals surface area contributed by atoms with Crippen molar-refractivity contribution in [3.63, 3.8) is 0 Å². The normalized spacial score (nSPS) is 11.8. The molecule has 0 aliphatic heterocycles. The molecular weight excluding hydrogens is 233 g/mol. The molecule has 0 radical (unpaired) electrons. The van der Waals surface area contributed by atoms with Crippen LogP contribution in [0, 0.1) is 0 Å². The van der Waals surface area contributed by atoms with E-state index in [1.54, 1.807) is 0 Å². The zero-order valence-corrected chi connectivity index (χ0v) is 8.75. The van der Waals surface area contributed by atoms with Gasteiger partial charge in [-0.05, 0) is 25.1 Å². The maximum absolute atomic E-state index is 12.4. The van der Waals surface area contributed by atoms with Crippen LogP contribution in [0.15, 0.2) is 24.4 Å². The fourth-order valence-corrected chi connectivity index (χ4v) is 1.37. The van der Waals surface area contributed by atoms with Crippen LogP contribution in [0.5, 0.6) is 0 Å². The first-order valence-corrected chi connectivity index (χ1v) is 4.73. The first kappa shape index (κ1) is 11.5. The second kappa shape index (κ2) is 3.80. The smallest absolute Gasteiger partial charge is 0.295 e. The van der Waals surface area contributed by atoms with E-state index in [9.17, 15) is 18.0 Å². The predicted octanol–water partition coefficient (Wildman–Crippen LogP) is 2.85. The van der Waals surface area contributed by atoms with Gasteiger partial charge < -0.3 is 0 Å². The van der Waals surface area contributed by atoms with Crippen LogP contribution >= 0.6 is 0 Å². The van der Waals surface area contributed by atoms with Crippen LogP contribution in [0.1, 0.15) is 23.0 Å². The highest BCUT2D eigenvalue weighted by molar-refractivity contribution is 5.97. The molecule has 0 aliphatic carbocycles. The quantitative estimate of drug-likeness (QED) is 0.720. The van der Waals surface area contributed by atoms with Crippen LogP contribution in [0.3, 0.4) is 0 Å². The zero-order chi connectivity index (χ0) is 12.6. The number of hydrogen-bond donors (Lipinski definition) is 0. The maximum Gasteiger partial charge on any atom is 0.434 e. The predicted molar refractivity (Wildman–Crippen MR) is 54.5 cm³/mol. The van der Waals surface area contributed by atoms with Gasteiger partial charge in [-0.1, -0.05) is 0 Å². The van der Waals surface area contributed by atoms with Gasteiger partial charge in [-0.3, -0.25) is 9.78 Å². The lowest BCUT2D eigenvalue weighted by molar-refractivity contribution is -0.141. The van der Waals surface area contributed by atoms with Gasteiger partial charge in [0, 0.05) is 5.56 Å². The van der Waals surface area contributed by atoms with Crippen LogP contribution in [0.2, 0.25) is 0 Å². The highest BCUT2D eigenvalue weighted by Gasteiger charge is 2.33. The van der Waals surface area contributed by atoms with Gasteiger partial charge >= 0.3 is 6.18 Å². The van der Waals surface area contributed by atoms with Gasteiger partial charge in [0.2, 0.25) is 0 Å². The SMILES string of the molecule is CC(=O)c1ccc2nc(C(F)(F)F)cnc2c1. The van der Waals surface area contributed by atoms with Crippen molar-refractivity contribution in [3.8, 4) is 0 Å². The third-order valence-corrected chi connectivity index (χ3v) is 2.24. The van der Waals surface area contributed by atoms with Gasteiger partial charge in [0.1, 0.15) is 0 Å². The number of alkyl halides is 3. The van der Waals surface area contributed by atoms with E-state index in [0.717, 1.165) is 0 Å². The van der Waals surface area contributed by atoms with Crippen molar-refractivity contribution in [2.45, 2.75) is 13.1 Å². The van der Waals surface area contributed by atoms with E-state index in [0.29, 0.717) is 11.8 Å². The Morgan fingerprint density at radius 3 is 2.53 bits per heavy atom. The molecule has 88 valence electrons. The van der Waals surface area contributed by atoms with Crippen LogP contribution < -0.4 is 0 Å². The fourth-order valence-electron chi connectivity index (χ4n) is 1.37. The first-order chi connectivity index (χ1) is 7.88. The molecule has 0 atom stereocenters. The molecule has 0 saturated carbocycles. The van der Waals surface area contributed by atoms with Crippen molar-refractivity contribution in [2.24, 2.45) is 0 Å². The molecule has 1 aromatic carbocycles. The summed E-state index contributed by atoms with van der Waals surface area (Å²) in [4.78, 5) is 18.2. The van der Waals surface area contributed by atoms with Crippen molar-refractivity contribution < 1.29 is 18.0 Å². The largest absolute Gasteiger partial charge is 0.434 e. The Kier molecular flexibility index (Phi) is 2.57. The Bertz CT molecular complexity index is 593. The number of hydrogen-bond acceptors (Lipinski definition) is 3. The number of benzene rings is 1. The molecule has 0 amide bonds. The van der Waals surface area contributed by atoms with Crippen LogP contribution in [-0.2, 0) is 6.18 Å². The van der Waals surface area contributed by atoms with Crippen LogP contribution in [0.25, 0.3) is 11.0 Å². The lowest BCUT2D eigenvalue weighted by Crippen LogP contribution is -2.08. The fraction of sp³-hybridized carbons (Fsp3) is 0.182. The van der Waals surface area contributed by atoms with E-state index in [2.05, 4.69) is 9.97 Å². The summed E-state index contributed by atoms with van der Waals surface area (Å²) in [6.07, 6.45) is -3.85. The van der Waals surface area contributed by atoms with Crippen LogP contribution in [-0.4, -0.2) is 15.8 Å². The van der Waals surface area contributed by atoms with Gasteiger partial charge in [-0.2, -0.15) is 13.2 Å². The summed E-state index contributed by atoms with van der Waals surface area (Å²) in [6.45, 7) is 1.37. The summed E-state index contributed by atoms with van der Waals surface area (Å²) in [5, 5.41) is 0. The zero-order valence-electron chi connectivity index (χ0n) is 8.75. The molecule has 2 rings (SSSR count). The second-order valence-corrected chi connectivity index (χ2v) is 3.51. The second-order valence-electron chi connectivity index (χ2n) is 3.51. The monoisotopic (exact) mass is 240 g/mol. The number of Topliss-reactive ketones (excluding diaryl/α,β-unsaturated/α-hetero) is 1. The summed E-state index contributed by atoms with van der Waals surface area (Å²) < 4.78 is 37.1. The number of halogens is 3. The molecule has 0 bridgehead atoms. The minimum absolute atomic E-state index is 0.116. The molecular formula is C11H7F3N2O. The van der Waals surface area contributed by atoms with E-state index >= 15 is 0 Å². The summed E-state index contributed by atoms with van der Waals surface area (Å²) >= 11 is 0. The van der Waals surface area contributed by atoms with Gasteiger partial charge in [0.25, 0.3) is 0 Å². The van der Waals surface area contributed by atoms with E-state index in [1.807, 2.05) is 0 Å². The number of fused-ring (bicyclic) bond motifs is 1. The summed E-state index contributed by atoms with van der Waals surface area (Å²) in [5.74, 6) is -0.173. The Labute approximate surface area is 94.3 Å². The van der Waals surface area contributed by atoms with Crippen molar-refractivity contribution >= 4 is 16.8 Å². The van der Waals surface area contributed by atoms with E-state index in [-0.39, 0.29) is 16.8 Å². The molecule has 0 N–H and O–H groups in total. The molecule has 0 saturated heterocycles.